The molecule has 0 spiro atoms. The Hall–Kier alpha value is 0.310. The maximum Gasteiger partial charge on any atom is 0.00999 e. The Bertz CT molecular complexity index is 93.3. The van der Waals surface area contributed by atoms with Gasteiger partial charge in [0.1, 0.15) is 0 Å². The maximum absolute atomic E-state index is 4.24. The van der Waals surface area contributed by atoms with Crippen LogP contribution in [0.25, 0.3) is 0 Å². The topological polar surface area (TPSA) is 3.24 Å². The molecule has 0 amide bonds. The lowest BCUT2D eigenvalue weighted by Crippen LogP contribution is -2.36. The minimum absolute atomic E-state index is 0.825. The van der Waals surface area contributed by atoms with Gasteiger partial charge in [0.05, 0.1) is 0 Å². The summed E-state index contributed by atoms with van der Waals surface area (Å²) in [6, 6.07) is 0.825. The molecule has 0 aromatic rings. The number of hydrogen-bond acceptors (Lipinski definition) is 2. The summed E-state index contributed by atoms with van der Waals surface area (Å²) in [6.45, 7) is 1.29. The molecule has 1 heterocycles. The Morgan fingerprint density at radius 1 is 1.50 bits per heavy atom. The summed E-state index contributed by atoms with van der Waals surface area (Å²) in [5.74, 6) is 1.04. The molecule has 1 saturated heterocycles. The molecule has 0 aromatic carbocycles. The third kappa shape index (κ3) is 2.17. The first-order valence-corrected chi connectivity index (χ1v) is 4.79. The van der Waals surface area contributed by atoms with Crippen LogP contribution in [-0.2, 0) is 0 Å². The average molecular weight is 159 g/mol. The Morgan fingerprint density at radius 2 is 2.30 bits per heavy atom. The highest BCUT2D eigenvalue weighted by Crippen LogP contribution is 2.17. The van der Waals surface area contributed by atoms with Crippen LogP contribution in [0.4, 0.5) is 0 Å². The van der Waals surface area contributed by atoms with Crippen molar-refractivity contribution >= 4 is 12.6 Å². The van der Waals surface area contributed by atoms with Gasteiger partial charge in [0.2, 0.25) is 0 Å². The van der Waals surface area contributed by atoms with Gasteiger partial charge in [-0.2, -0.15) is 12.6 Å². The summed E-state index contributed by atoms with van der Waals surface area (Å²) in [7, 11) is 2.23. The molecule has 1 fully saturated rings. The molecule has 1 aliphatic heterocycles. The van der Waals surface area contributed by atoms with Crippen LogP contribution in [-0.4, -0.2) is 30.3 Å². The Labute approximate surface area is 69.2 Å². The van der Waals surface area contributed by atoms with Crippen molar-refractivity contribution in [2.24, 2.45) is 0 Å². The molecule has 0 bridgehead atoms. The quantitative estimate of drug-likeness (QED) is 0.601. The molecule has 0 saturated carbocycles. The SMILES string of the molecule is CN1CCCCC1CCS. The lowest BCUT2D eigenvalue weighted by molar-refractivity contribution is 0.182. The van der Waals surface area contributed by atoms with E-state index in [-0.39, 0.29) is 0 Å². The van der Waals surface area contributed by atoms with E-state index in [1.165, 1.54) is 32.2 Å². The van der Waals surface area contributed by atoms with Gasteiger partial charge < -0.3 is 4.90 Å². The first kappa shape index (κ1) is 8.41. The zero-order valence-corrected chi connectivity index (χ0v) is 7.61. The van der Waals surface area contributed by atoms with Gasteiger partial charge in [-0.1, -0.05) is 6.42 Å². The van der Waals surface area contributed by atoms with Gasteiger partial charge in [0.15, 0.2) is 0 Å². The smallest absolute Gasteiger partial charge is 0.00999 e. The lowest BCUT2D eigenvalue weighted by Gasteiger charge is -2.31. The average Bonchev–Trinajstić information content (AvgIpc) is 1.94. The predicted molar refractivity (Wildman–Crippen MR) is 48.7 cm³/mol. The minimum Gasteiger partial charge on any atom is -0.303 e. The monoisotopic (exact) mass is 159 g/mol. The fraction of sp³-hybridized carbons (Fsp3) is 1.00. The van der Waals surface area contributed by atoms with Gasteiger partial charge in [0, 0.05) is 6.04 Å². The second kappa shape index (κ2) is 4.24. The molecule has 0 aromatic heterocycles. The van der Waals surface area contributed by atoms with E-state index >= 15 is 0 Å². The number of rotatable bonds is 2. The Morgan fingerprint density at radius 3 is 2.90 bits per heavy atom. The number of thiol groups is 1. The van der Waals surface area contributed by atoms with Crippen LogP contribution in [0.2, 0.25) is 0 Å². The number of likely N-dealkylation sites (tertiary alicyclic amines) is 1. The summed E-state index contributed by atoms with van der Waals surface area (Å²) in [4.78, 5) is 2.47. The van der Waals surface area contributed by atoms with Gasteiger partial charge in [0.25, 0.3) is 0 Å². The first-order chi connectivity index (χ1) is 4.84. The van der Waals surface area contributed by atoms with Crippen LogP contribution in [0.15, 0.2) is 0 Å². The Kier molecular flexibility index (Phi) is 3.57. The summed E-state index contributed by atoms with van der Waals surface area (Å²) in [6.07, 6.45) is 5.46. The van der Waals surface area contributed by atoms with Gasteiger partial charge in [-0.3, -0.25) is 0 Å². The molecule has 1 unspecified atom stereocenters. The highest BCUT2D eigenvalue weighted by atomic mass is 32.1. The van der Waals surface area contributed by atoms with Gasteiger partial charge in [-0.15, -0.1) is 0 Å². The van der Waals surface area contributed by atoms with Crippen LogP contribution in [0.5, 0.6) is 0 Å². The van der Waals surface area contributed by atoms with E-state index in [2.05, 4.69) is 24.6 Å². The van der Waals surface area contributed by atoms with Crippen molar-refractivity contribution in [3.8, 4) is 0 Å². The molecule has 0 radical (unpaired) electrons. The second-order valence-electron chi connectivity index (χ2n) is 3.14. The molecule has 2 heteroatoms. The van der Waals surface area contributed by atoms with E-state index in [1.807, 2.05) is 0 Å². The van der Waals surface area contributed by atoms with Gasteiger partial charge >= 0.3 is 0 Å². The standard InChI is InChI=1S/C8H17NS/c1-9-6-3-2-4-8(9)5-7-10/h8,10H,2-7H2,1H3. The van der Waals surface area contributed by atoms with Crippen molar-refractivity contribution in [2.75, 3.05) is 19.3 Å². The summed E-state index contributed by atoms with van der Waals surface area (Å²) >= 11 is 4.24. The number of hydrogen-bond donors (Lipinski definition) is 1. The second-order valence-corrected chi connectivity index (χ2v) is 3.59. The van der Waals surface area contributed by atoms with E-state index in [9.17, 15) is 0 Å². The van der Waals surface area contributed by atoms with Crippen molar-refractivity contribution in [2.45, 2.75) is 31.7 Å². The van der Waals surface area contributed by atoms with E-state index in [0.29, 0.717) is 0 Å². The van der Waals surface area contributed by atoms with Crippen molar-refractivity contribution in [1.29, 1.82) is 0 Å². The van der Waals surface area contributed by atoms with E-state index in [4.69, 9.17) is 0 Å². The fourth-order valence-electron chi connectivity index (χ4n) is 1.66. The van der Waals surface area contributed by atoms with Crippen LogP contribution in [0, 0.1) is 0 Å². The largest absolute Gasteiger partial charge is 0.303 e. The first-order valence-electron chi connectivity index (χ1n) is 4.15. The van der Waals surface area contributed by atoms with Crippen LogP contribution >= 0.6 is 12.6 Å². The normalized spacial score (nSPS) is 28.8. The zero-order chi connectivity index (χ0) is 7.40. The van der Waals surface area contributed by atoms with Crippen LogP contribution in [0.3, 0.4) is 0 Å². The molecule has 0 N–H and O–H groups in total. The molecule has 1 atom stereocenters. The molecular formula is C8H17NS. The van der Waals surface area contributed by atoms with E-state index < -0.39 is 0 Å². The van der Waals surface area contributed by atoms with Crippen LogP contribution < -0.4 is 0 Å². The van der Waals surface area contributed by atoms with Crippen molar-refractivity contribution in [1.82, 2.24) is 4.90 Å². The molecule has 0 aliphatic carbocycles. The Balaban J connectivity index is 2.25. The minimum atomic E-state index is 0.825. The predicted octanol–water partition coefficient (Wildman–Crippen LogP) is 1.79. The highest BCUT2D eigenvalue weighted by molar-refractivity contribution is 7.80. The molecule has 60 valence electrons. The van der Waals surface area contributed by atoms with Gasteiger partial charge in [-0.25, -0.2) is 0 Å². The summed E-state index contributed by atoms with van der Waals surface area (Å²) in [5, 5.41) is 0. The highest BCUT2D eigenvalue weighted by Gasteiger charge is 2.16. The van der Waals surface area contributed by atoms with E-state index in [1.54, 1.807) is 0 Å². The fourth-order valence-corrected chi connectivity index (χ4v) is 1.96. The molecule has 10 heavy (non-hydrogen) atoms. The molecule has 1 nitrogen and oxygen atoms in total. The van der Waals surface area contributed by atoms with Crippen molar-refractivity contribution < 1.29 is 0 Å². The van der Waals surface area contributed by atoms with Crippen molar-refractivity contribution in [3.05, 3.63) is 0 Å². The molecular weight excluding hydrogens is 142 g/mol. The van der Waals surface area contributed by atoms with E-state index in [0.717, 1.165) is 11.8 Å². The maximum atomic E-state index is 4.24. The molecule has 1 rings (SSSR count). The van der Waals surface area contributed by atoms with Crippen LogP contribution in [0.1, 0.15) is 25.7 Å². The lowest BCUT2D eigenvalue weighted by atomic mass is 10.0. The number of piperidine rings is 1. The number of nitrogens with zero attached hydrogens (tertiary/aromatic N) is 1. The molecule has 1 aliphatic rings. The zero-order valence-electron chi connectivity index (χ0n) is 6.71. The summed E-state index contributed by atoms with van der Waals surface area (Å²) in [5.41, 5.74) is 0. The third-order valence-corrected chi connectivity index (χ3v) is 2.64. The van der Waals surface area contributed by atoms with Crippen molar-refractivity contribution in [3.63, 3.8) is 0 Å². The third-order valence-electron chi connectivity index (χ3n) is 2.38. The van der Waals surface area contributed by atoms with Gasteiger partial charge in [-0.05, 0) is 38.6 Å². The summed E-state index contributed by atoms with van der Waals surface area (Å²) < 4.78 is 0.